The topological polar surface area (TPSA) is 81.2 Å². The summed E-state index contributed by atoms with van der Waals surface area (Å²) in [5.41, 5.74) is 14.2. The van der Waals surface area contributed by atoms with Crippen molar-refractivity contribution in [3.8, 4) is 22.3 Å². The first-order chi connectivity index (χ1) is 40.9. The monoisotopic (exact) mass is 1130 g/mol. The molecule has 86 heavy (non-hydrogen) atoms. The lowest BCUT2D eigenvalue weighted by Crippen LogP contribution is -2.44. The molecule has 8 heteroatoms. The van der Waals surface area contributed by atoms with Crippen molar-refractivity contribution in [2.24, 2.45) is 0 Å². The Bertz CT molecular complexity index is 3880. The summed E-state index contributed by atoms with van der Waals surface area (Å²) in [6.45, 7) is 26.5. The van der Waals surface area contributed by atoms with Crippen molar-refractivity contribution in [1.29, 1.82) is 0 Å². The van der Waals surface area contributed by atoms with E-state index in [2.05, 4.69) is 190 Å². The van der Waals surface area contributed by atoms with Gasteiger partial charge in [0, 0.05) is 56.0 Å². The molecule has 8 nitrogen and oxygen atoms in total. The number of imide groups is 2. The summed E-state index contributed by atoms with van der Waals surface area (Å²) in [7, 11) is 0. The summed E-state index contributed by atoms with van der Waals surface area (Å²) in [5.74, 6) is -2.23. The molecule has 2 heterocycles. The summed E-state index contributed by atoms with van der Waals surface area (Å²) in [4.78, 5) is 69.2. The number of benzene rings is 10. The van der Waals surface area contributed by atoms with Gasteiger partial charge < -0.3 is 9.80 Å². The number of hydrogen-bond donors (Lipinski definition) is 0. The minimum absolute atomic E-state index is 0.0413. The largest absolute Gasteiger partial charge is 0.311 e. The fraction of sp³-hybridized carbons (Fsp3) is 0.205. The predicted molar refractivity (Wildman–Crippen MR) is 354 cm³/mol. The van der Waals surface area contributed by atoms with Gasteiger partial charge in [-0.05, 0) is 175 Å². The molecule has 2 aliphatic rings. The summed E-state index contributed by atoms with van der Waals surface area (Å²) in [5, 5.41) is 0.549. The zero-order valence-corrected chi connectivity index (χ0v) is 51.2. The fourth-order valence-corrected chi connectivity index (χ4v) is 12.1. The lowest BCUT2D eigenvalue weighted by atomic mass is 9.79. The predicted octanol–water partition coefficient (Wildman–Crippen LogP) is 19.9. The number of amides is 4. The third-order valence-corrected chi connectivity index (χ3v) is 17.0. The fourth-order valence-electron chi connectivity index (χ4n) is 12.1. The van der Waals surface area contributed by atoms with Crippen LogP contribution in [0, 0.1) is 0 Å². The van der Waals surface area contributed by atoms with Gasteiger partial charge in [0.25, 0.3) is 23.6 Å². The molecule has 0 fully saturated rings. The molecule has 428 valence electrons. The smallest absolute Gasteiger partial charge is 0.266 e. The quantitative estimate of drug-likeness (QED) is 0.127. The highest BCUT2D eigenvalue weighted by molar-refractivity contribution is 6.44. The van der Waals surface area contributed by atoms with Crippen LogP contribution in [0.1, 0.15) is 147 Å². The number of anilines is 8. The highest BCUT2D eigenvalue weighted by Gasteiger charge is 2.44. The van der Waals surface area contributed by atoms with Gasteiger partial charge in [0.05, 0.1) is 22.5 Å². The van der Waals surface area contributed by atoms with Gasteiger partial charge >= 0.3 is 0 Å². The van der Waals surface area contributed by atoms with Crippen LogP contribution in [0.25, 0.3) is 33.0 Å². The number of carbonyl (C=O) groups is 4. The van der Waals surface area contributed by atoms with Crippen LogP contribution in [0.4, 0.5) is 45.5 Å². The minimum atomic E-state index is -0.559. The van der Waals surface area contributed by atoms with E-state index in [9.17, 15) is 0 Å². The second-order valence-electron chi connectivity index (χ2n) is 27.0. The molecule has 0 aliphatic carbocycles. The molecule has 10 aromatic carbocycles. The van der Waals surface area contributed by atoms with E-state index in [0.29, 0.717) is 33.6 Å². The van der Waals surface area contributed by atoms with Gasteiger partial charge in [-0.25, -0.2) is 9.80 Å². The first-order valence-corrected chi connectivity index (χ1v) is 29.7. The van der Waals surface area contributed by atoms with E-state index in [-0.39, 0.29) is 54.7 Å². The molecule has 0 saturated carbocycles. The zero-order valence-electron chi connectivity index (χ0n) is 51.2. The van der Waals surface area contributed by atoms with Crippen LogP contribution in [-0.2, 0) is 21.7 Å². The Kier molecular flexibility index (Phi) is 14.0. The van der Waals surface area contributed by atoms with Crippen LogP contribution in [0.15, 0.2) is 218 Å². The first kappa shape index (κ1) is 56.8. The molecule has 0 spiro atoms. The zero-order chi connectivity index (χ0) is 60.8. The molecule has 12 rings (SSSR count). The first-order valence-electron chi connectivity index (χ1n) is 29.7. The standard InChI is InChI=1S/C78H72N4O4/c1-75(2,3)51-27-39-59(40-28-51)79(60-41-29-52(30-42-60)76(4,5)6)57-35-23-49(24-36-57)63-47-65-68-67-66(72(84)81(73(85)69(63)67)55-19-15-13-16-20-55)48-64(70(68)74(86)82(71(65)83)56-21-17-14-18-22-56)50-25-37-58(38-26-50)80(61-43-31-53(32-44-61)77(7,8)9)62-45-33-54(34-46-62)78(10,11)12/h13-48H,1-12H3. The second kappa shape index (κ2) is 21.1. The van der Waals surface area contributed by atoms with Crippen LogP contribution in [0.3, 0.4) is 0 Å². The van der Waals surface area contributed by atoms with Crippen LogP contribution in [-0.4, -0.2) is 23.6 Å². The van der Waals surface area contributed by atoms with Crippen LogP contribution in [0.5, 0.6) is 0 Å². The van der Waals surface area contributed by atoms with E-state index in [1.165, 1.54) is 32.1 Å². The van der Waals surface area contributed by atoms with Crippen LogP contribution < -0.4 is 19.6 Å². The summed E-state index contributed by atoms with van der Waals surface area (Å²) in [6, 6.07) is 72.1. The van der Waals surface area contributed by atoms with Gasteiger partial charge in [-0.15, -0.1) is 0 Å². The van der Waals surface area contributed by atoms with Crippen molar-refractivity contribution in [1.82, 2.24) is 0 Å². The highest BCUT2D eigenvalue weighted by atomic mass is 16.2. The lowest BCUT2D eigenvalue weighted by molar-refractivity contribution is 0.0873. The van der Waals surface area contributed by atoms with E-state index in [0.717, 1.165) is 34.1 Å². The van der Waals surface area contributed by atoms with Crippen LogP contribution in [0.2, 0.25) is 0 Å². The molecule has 2 aliphatic heterocycles. The normalized spacial score (nSPS) is 13.6. The molecule has 0 unspecified atom stereocenters. The van der Waals surface area contributed by atoms with Crippen molar-refractivity contribution < 1.29 is 19.2 Å². The number of carbonyl (C=O) groups excluding carboxylic acids is 4. The second-order valence-corrected chi connectivity index (χ2v) is 27.0. The van der Waals surface area contributed by atoms with Gasteiger partial charge in [-0.2, -0.15) is 0 Å². The van der Waals surface area contributed by atoms with Gasteiger partial charge in [0.15, 0.2) is 0 Å². The maximum Gasteiger partial charge on any atom is 0.266 e. The van der Waals surface area contributed by atoms with Crippen molar-refractivity contribution in [3.63, 3.8) is 0 Å². The molecule has 4 amide bonds. The molecule has 0 aromatic heterocycles. The third-order valence-electron chi connectivity index (χ3n) is 17.0. The summed E-state index contributed by atoms with van der Waals surface area (Å²) < 4.78 is 0. The maximum absolute atomic E-state index is 15.7. The van der Waals surface area contributed by atoms with Crippen molar-refractivity contribution in [2.45, 2.75) is 105 Å². The average Bonchev–Trinajstić information content (AvgIpc) is 0.744. The number of para-hydroxylation sites is 2. The highest BCUT2D eigenvalue weighted by Crippen LogP contribution is 2.49. The Balaban J connectivity index is 1.06. The molecule has 0 N–H and O–H groups in total. The SMILES string of the molecule is CC(C)(C)c1ccc(N(c2ccc(-c3cc4c5c(c(-c6ccc(N(c7ccc(C(C)(C)C)cc7)c7ccc(C(C)(C)C)cc7)cc6)cc6c5c3C(=O)N(c3ccccc3)C6=O)C(=O)N(c3ccccc3)C4=O)cc2)c2ccc(C(C)(C)C)cc2)cc1. The van der Waals surface area contributed by atoms with Gasteiger partial charge in [0.1, 0.15) is 0 Å². The van der Waals surface area contributed by atoms with Gasteiger partial charge in [0.2, 0.25) is 0 Å². The van der Waals surface area contributed by atoms with Crippen molar-refractivity contribution >= 4 is 79.9 Å². The molecule has 10 aromatic rings. The van der Waals surface area contributed by atoms with E-state index < -0.39 is 23.6 Å². The van der Waals surface area contributed by atoms with Gasteiger partial charge in [-0.1, -0.05) is 192 Å². The Hall–Kier alpha value is -9.66. The van der Waals surface area contributed by atoms with E-state index >= 15 is 19.2 Å². The Morgan fingerprint density at radius 1 is 0.267 bits per heavy atom. The number of nitrogens with zero attached hydrogens (tertiary/aromatic N) is 4. The Morgan fingerprint density at radius 2 is 0.500 bits per heavy atom. The molecule has 0 radical (unpaired) electrons. The average molecular weight is 1130 g/mol. The van der Waals surface area contributed by atoms with Gasteiger partial charge in [-0.3, -0.25) is 19.2 Å². The molecule has 0 atom stereocenters. The van der Waals surface area contributed by atoms with Crippen molar-refractivity contribution in [3.05, 3.63) is 263 Å². The lowest BCUT2D eigenvalue weighted by Gasteiger charge is -2.34. The number of hydrogen-bond acceptors (Lipinski definition) is 6. The molecular formula is C78H72N4O4. The Morgan fingerprint density at radius 3 is 0.733 bits per heavy atom. The van der Waals surface area contributed by atoms with E-state index in [1.807, 2.05) is 60.7 Å². The maximum atomic E-state index is 15.7. The van der Waals surface area contributed by atoms with Crippen molar-refractivity contribution in [2.75, 3.05) is 19.6 Å². The Labute approximate surface area is 506 Å². The molecule has 0 saturated heterocycles. The molecular weight excluding hydrogens is 1060 g/mol. The summed E-state index contributed by atoms with van der Waals surface area (Å²) in [6.07, 6.45) is 0. The number of rotatable bonds is 10. The van der Waals surface area contributed by atoms with Crippen LogP contribution >= 0.6 is 0 Å². The van der Waals surface area contributed by atoms with E-state index in [4.69, 9.17) is 0 Å². The van der Waals surface area contributed by atoms with E-state index in [1.54, 1.807) is 60.7 Å². The third kappa shape index (κ3) is 10.2. The summed E-state index contributed by atoms with van der Waals surface area (Å²) >= 11 is 0. The molecule has 0 bridgehead atoms. The minimum Gasteiger partial charge on any atom is -0.311 e.